The van der Waals surface area contributed by atoms with Crippen molar-refractivity contribution in [2.24, 2.45) is 0 Å². The maximum absolute atomic E-state index is 12.1. The van der Waals surface area contributed by atoms with Crippen LogP contribution in [0.3, 0.4) is 0 Å². The zero-order valence-electron chi connectivity index (χ0n) is 11.1. The van der Waals surface area contributed by atoms with Crippen molar-refractivity contribution in [1.29, 1.82) is 0 Å². The fourth-order valence-corrected chi connectivity index (χ4v) is 3.12. The van der Waals surface area contributed by atoms with Crippen LogP contribution in [0.2, 0.25) is 0 Å². The number of likely N-dealkylation sites (tertiary alicyclic amines) is 1. The Labute approximate surface area is 121 Å². The lowest BCUT2D eigenvalue weighted by molar-refractivity contribution is -0.130. The number of aliphatic hydroxyl groups excluding tert-OH is 1. The summed E-state index contributed by atoms with van der Waals surface area (Å²) in [4.78, 5) is 21.5. The first-order valence-corrected chi connectivity index (χ1v) is 7.74. The van der Waals surface area contributed by atoms with Crippen molar-refractivity contribution in [3.8, 4) is 0 Å². The Hall–Kier alpha value is -1.53. The predicted octanol–water partition coefficient (Wildman–Crippen LogP) is 1.64. The smallest absolute Gasteiger partial charge is 0.233 e. The summed E-state index contributed by atoms with van der Waals surface area (Å²) < 4.78 is 0. The molecule has 0 saturated carbocycles. The van der Waals surface area contributed by atoms with Gasteiger partial charge in [0.1, 0.15) is 0 Å². The van der Waals surface area contributed by atoms with Crippen LogP contribution in [-0.4, -0.2) is 50.8 Å². The number of para-hydroxylation sites is 2. The van der Waals surface area contributed by atoms with Crippen molar-refractivity contribution in [2.45, 2.75) is 24.1 Å². The van der Waals surface area contributed by atoms with E-state index in [-0.39, 0.29) is 12.0 Å². The van der Waals surface area contributed by atoms with Gasteiger partial charge >= 0.3 is 0 Å². The highest BCUT2D eigenvalue weighted by Crippen LogP contribution is 2.20. The number of carbonyl (C=O) groups is 1. The van der Waals surface area contributed by atoms with Crippen molar-refractivity contribution >= 4 is 28.7 Å². The summed E-state index contributed by atoms with van der Waals surface area (Å²) in [5, 5.41) is 10.2. The zero-order valence-corrected chi connectivity index (χ0v) is 11.9. The van der Waals surface area contributed by atoms with Crippen molar-refractivity contribution in [1.82, 2.24) is 14.9 Å². The Morgan fingerprint density at radius 2 is 2.15 bits per heavy atom. The number of hydrogen-bond donors (Lipinski definition) is 2. The molecule has 0 radical (unpaired) electrons. The minimum atomic E-state index is -0.248. The summed E-state index contributed by atoms with van der Waals surface area (Å²) >= 11 is 1.43. The van der Waals surface area contributed by atoms with Gasteiger partial charge in [0.2, 0.25) is 5.91 Å². The normalized spacial score (nSPS) is 16.8. The Morgan fingerprint density at radius 1 is 1.40 bits per heavy atom. The monoisotopic (exact) mass is 291 g/mol. The molecule has 6 heteroatoms. The first-order chi connectivity index (χ1) is 9.72. The lowest BCUT2D eigenvalue weighted by atomic mass is 10.1. The van der Waals surface area contributed by atoms with Crippen LogP contribution in [-0.2, 0) is 4.79 Å². The molecule has 5 nitrogen and oxygen atoms in total. The standard InChI is InChI=1S/C14H17N3O2S/c18-10-5-7-17(8-6-10)13(19)9-20-14-15-11-3-1-2-4-12(11)16-14/h1-4,10,18H,5-9H2,(H,15,16). The van der Waals surface area contributed by atoms with E-state index in [1.165, 1.54) is 11.8 Å². The molecule has 1 fully saturated rings. The summed E-state index contributed by atoms with van der Waals surface area (Å²) in [7, 11) is 0. The van der Waals surface area contributed by atoms with Crippen LogP contribution >= 0.6 is 11.8 Å². The number of benzene rings is 1. The fourth-order valence-electron chi connectivity index (χ4n) is 2.33. The first kappa shape index (κ1) is 13.5. The molecule has 1 amide bonds. The van der Waals surface area contributed by atoms with E-state index in [0.717, 1.165) is 16.2 Å². The molecule has 0 spiro atoms. The minimum absolute atomic E-state index is 0.113. The summed E-state index contributed by atoms with van der Waals surface area (Å²) in [6, 6.07) is 7.82. The highest BCUT2D eigenvalue weighted by molar-refractivity contribution is 7.99. The van der Waals surface area contributed by atoms with Gasteiger partial charge in [-0.3, -0.25) is 4.79 Å². The van der Waals surface area contributed by atoms with E-state index in [1.54, 1.807) is 0 Å². The second kappa shape index (κ2) is 5.85. The van der Waals surface area contributed by atoms with Crippen LogP contribution in [0.15, 0.2) is 29.4 Å². The average molecular weight is 291 g/mol. The number of hydrogen-bond acceptors (Lipinski definition) is 4. The number of rotatable bonds is 3. The van der Waals surface area contributed by atoms with Gasteiger partial charge in [0.15, 0.2) is 5.16 Å². The molecule has 2 aromatic rings. The molecular weight excluding hydrogens is 274 g/mol. The Kier molecular flexibility index (Phi) is 3.93. The predicted molar refractivity (Wildman–Crippen MR) is 78.6 cm³/mol. The molecule has 1 aliphatic heterocycles. The van der Waals surface area contributed by atoms with Gasteiger partial charge in [-0.05, 0) is 25.0 Å². The molecule has 2 N–H and O–H groups in total. The molecule has 1 aliphatic rings. The molecule has 1 saturated heterocycles. The van der Waals surface area contributed by atoms with Crippen LogP contribution in [0.5, 0.6) is 0 Å². The number of nitrogens with zero attached hydrogens (tertiary/aromatic N) is 2. The van der Waals surface area contributed by atoms with Crippen LogP contribution in [0.25, 0.3) is 11.0 Å². The van der Waals surface area contributed by atoms with Gasteiger partial charge in [-0.1, -0.05) is 23.9 Å². The third-order valence-corrected chi connectivity index (χ3v) is 4.38. The Balaban J connectivity index is 1.57. The summed E-state index contributed by atoms with van der Waals surface area (Å²) in [5.41, 5.74) is 1.91. The number of amides is 1. The second-order valence-corrected chi connectivity index (χ2v) is 5.92. The van der Waals surface area contributed by atoms with Crippen molar-refractivity contribution in [2.75, 3.05) is 18.8 Å². The van der Waals surface area contributed by atoms with E-state index in [1.807, 2.05) is 29.2 Å². The van der Waals surface area contributed by atoms with E-state index < -0.39 is 0 Å². The zero-order chi connectivity index (χ0) is 13.9. The van der Waals surface area contributed by atoms with Gasteiger partial charge in [0.05, 0.1) is 22.9 Å². The van der Waals surface area contributed by atoms with Crippen LogP contribution in [0.1, 0.15) is 12.8 Å². The number of piperidine rings is 1. The SMILES string of the molecule is O=C(CSc1nc2ccccc2[nH]1)N1CCC(O)CC1. The molecule has 20 heavy (non-hydrogen) atoms. The lowest BCUT2D eigenvalue weighted by Gasteiger charge is -2.29. The van der Waals surface area contributed by atoms with E-state index in [2.05, 4.69) is 9.97 Å². The maximum atomic E-state index is 12.1. The van der Waals surface area contributed by atoms with Crippen molar-refractivity contribution < 1.29 is 9.90 Å². The summed E-state index contributed by atoms with van der Waals surface area (Å²) in [6.07, 6.45) is 1.12. The fraction of sp³-hybridized carbons (Fsp3) is 0.429. The third kappa shape index (κ3) is 2.96. The number of imidazole rings is 1. The minimum Gasteiger partial charge on any atom is -0.393 e. The maximum Gasteiger partial charge on any atom is 0.233 e. The number of thioether (sulfide) groups is 1. The quantitative estimate of drug-likeness (QED) is 0.844. The number of aromatic amines is 1. The molecular formula is C14H17N3O2S. The third-order valence-electron chi connectivity index (χ3n) is 3.52. The number of H-pyrrole nitrogens is 1. The van der Waals surface area contributed by atoms with Crippen LogP contribution < -0.4 is 0 Å². The van der Waals surface area contributed by atoms with Crippen LogP contribution in [0, 0.1) is 0 Å². The Bertz CT molecular complexity index is 572. The van der Waals surface area contributed by atoms with Crippen molar-refractivity contribution in [3.63, 3.8) is 0 Å². The molecule has 1 aromatic carbocycles. The van der Waals surface area contributed by atoms with E-state index >= 15 is 0 Å². The van der Waals surface area contributed by atoms with E-state index in [0.29, 0.717) is 31.7 Å². The molecule has 0 bridgehead atoms. The highest BCUT2D eigenvalue weighted by atomic mass is 32.2. The van der Waals surface area contributed by atoms with Crippen molar-refractivity contribution in [3.05, 3.63) is 24.3 Å². The number of nitrogens with one attached hydrogen (secondary N) is 1. The van der Waals surface area contributed by atoms with E-state index in [4.69, 9.17) is 0 Å². The molecule has 3 rings (SSSR count). The molecule has 0 unspecified atom stereocenters. The topological polar surface area (TPSA) is 69.2 Å². The lowest BCUT2D eigenvalue weighted by Crippen LogP contribution is -2.40. The summed E-state index contributed by atoms with van der Waals surface area (Å²) in [6.45, 7) is 1.31. The van der Waals surface area contributed by atoms with Gasteiger partial charge in [0, 0.05) is 13.1 Å². The Morgan fingerprint density at radius 3 is 2.90 bits per heavy atom. The van der Waals surface area contributed by atoms with Gasteiger partial charge in [-0.2, -0.15) is 0 Å². The largest absolute Gasteiger partial charge is 0.393 e. The molecule has 2 heterocycles. The average Bonchev–Trinajstić information content (AvgIpc) is 2.88. The highest BCUT2D eigenvalue weighted by Gasteiger charge is 2.21. The molecule has 106 valence electrons. The molecule has 1 aromatic heterocycles. The number of fused-ring (bicyclic) bond motifs is 1. The van der Waals surface area contributed by atoms with Gasteiger partial charge < -0.3 is 15.0 Å². The second-order valence-electron chi connectivity index (χ2n) is 4.96. The van der Waals surface area contributed by atoms with Gasteiger partial charge in [-0.15, -0.1) is 0 Å². The summed E-state index contributed by atoms with van der Waals surface area (Å²) in [5.74, 6) is 0.498. The molecule has 0 aliphatic carbocycles. The van der Waals surface area contributed by atoms with Gasteiger partial charge in [-0.25, -0.2) is 4.98 Å². The number of aromatic nitrogens is 2. The first-order valence-electron chi connectivity index (χ1n) is 6.76. The molecule has 0 atom stereocenters. The van der Waals surface area contributed by atoms with Crippen LogP contribution in [0.4, 0.5) is 0 Å². The number of carbonyl (C=O) groups excluding carboxylic acids is 1. The van der Waals surface area contributed by atoms with Gasteiger partial charge in [0.25, 0.3) is 0 Å². The van der Waals surface area contributed by atoms with E-state index in [9.17, 15) is 9.90 Å². The number of aliphatic hydroxyl groups is 1.